The summed E-state index contributed by atoms with van der Waals surface area (Å²) < 4.78 is 1.13. The summed E-state index contributed by atoms with van der Waals surface area (Å²) in [5.41, 5.74) is 1.02. The molecule has 1 aliphatic carbocycles. The van der Waals surface area contributed by atoms with Crippen LogP contribution in [0, 0.1) is 0 Å². The third-order valence-electron chi connectivity index (χ3n) is 5.83. The molecule has 0 spiro atoms. The minimum Gasteiger partial charge on any atom is -0.353 e. The second-order valence-corrected chi connectivity index (χ2v) is 8.07. The van der Waals surface area contributed by atoms with Gasteiger partial charge in [-0.15, -0.1) is 0 Å². The first-order valence-corrected chi connectivity index (χ1v) is 10.7. The van der Waals surface area contributed by atoms with Gasteiger partial charge in [-0.05, 0) is 42.7 Å². The van der Waals surface area contributed by atoms with Crippen LogP contribution in [0.3, 0.4) is 0 Å². The van der Waals surface area contributed by atoms with E-state index in [2.05, 4.69) is 10.3 Å². The fraction of sp³-hybridized carbons (Fsp3) is 0.375. The van der Waals surface area contributed by atoms with Crippen molar-refractivity contribution in [3.05, 3.63) is 74.9 Å². The molecule has 0 bridgehead atoms. The maximum atomic E-state index is 12.8. The summed E-state index contributed by atoms with van der Waals surface area (Å²) in [6.07, 6.45) is 8.55. The summed E-state index contributed by atoms with van der Waals surface area (Å²) in [5, 5.41) is 3.63. The van der Waals surface area contributed by atoms with Crippen LogP contribution in [0.5, 0.6) is 0 Å². The summed E-state index contributed by atoms with van der Waals surface area (Å²) in [6, 6.07) is 14.2. The van der Waals surface area contributed by atoms with Gasteiger partial charge in [0.05, 0.1) is 23.0 Å². The lowest BCUT2D eigenvalue weighted by molar-refractivity contribution is -0.121. The molecule has 6 heteroatoms. The minimum absolute atomic E-state index is 0.0223. The fourth-order valence-corrected chi connectivity index (χ4v) is 4.22. The van der Waals surface area contributed by atoms with Crippen molar-refractivity contribution in [2.45, 2.75) is 57.4 Å². The molecular formula is C24H27N3O3. The van der Waals surface area contributed by atoms with Gasteiger partial charge in [0.2, 0.25) is 5.91 Å². The van der Waals surface area contributed by atoms with Gasteiger partial charge < -0.3 is 10.3 Å². The molecule has 2 N–H and O–H groups in total. The van der Waals surface area contributed by atoms with Crippen molar-refractivity contribution in [2.24, 2.45) is 0 Å². The van der Waals surface area contributed by atoms with Crippen molar-refractivity contribution in [3.8, 4) is 5.69 Å². The molecule has 1 aliphatic rings. The highest BCUT2D eigenvalue weighted by molar-refractivity contribution is 5.79. The molecule has 0 aliphatic heterocycles. The van der Waals surface area contributed by atoms with Crippen LogP contribution in [0.2, 0.25) is 0 Å². The number of amides is 1. The number of para-hydroxylation sites is 1. The van der Waals surface area contributed by atoms with E-state index >= 15 is 0 Å². The van der Waals surface area contributed by atoms with E-state index < -0.39 is 5.69 Å². The molecule has 1 fully saturated rings. The summed E-state index contributed by atoms with van der Waals surface area (Å²) in [4.78, 5) is 40.4. The highest BCUT2D eigenvalue weighted by atomic mass is 16.2. The fourth-order valence-electron chi connectivity index (χ4n) is 4.22. The topological polar surface area (TPSA) is 84.0 Å². The normalized spacial score (nSPS) is 15.5. The number of carbonyl (C=O) groups excluding carboxylic acids is 1. The van der Waals surface area contributed by atoms with Crippen LogP contribution >= 0.6 is 0 Å². The zero-order chi connectivity index (χ0) is 20.9. The lowest BCUT2D eigenvalue weighted by Crippen LogP contribution is -2.36. The molecule has 2 aromatic carbocycles. The van der Waals surface area contributed by atoms with E-state index in [-0.39, 0.29) is 17.5 Å². The van der Waals surface area contributed by atoms with Crippen LogP contribution in [0.4, 0.5) is 0 Å². The maximum absolute atomic E-state index is 12.8. The lowest BCUT2D eigenvalue weighted by Gasteiger charge is -2.21. The van der Waals surface area contributed by atoms with Crippen molar-refractivity contribution >= 4 is 16.8 Å². The SMILES string of the molecule is O=C(Cc1ccc(-n2c(=O)[nH]c3ccccc3c2=O)cc1)NC1CCCCCCC1. The zero-order valence-corrected chi connectivity index (χ0v) is 17.0. The van der Waals surface area contributed by atoms with Gasteiger partial charge in [-0.25, -0.2) is 9.36 Å². The first kappa shape index (κ1) is 20.1. The summed E-state index contributed by atoms with van der Waals surface area (Å²) >= 11 is 0. The van der Waals surface area contributed by atoms with Gasteiger partial charge in [0.1, 0.15) is 0 Å². The first-order chi connectivity index (χ1) is 14.6. The molecule has 4 rings (SSSR count). The molecule has 6 nitrogen and oxygen atoms in total. The van der Waals surface area contributed by atoms with Gasteiger partial charge >= 0.3 is 5.69 Å². The monoisotopic (exact) mass is 405 g/mol. The van der Waals surface area contributed by atoms with E-state index in [4.69, 9.17) is 0 Å². The highest BCUT2D eigenvalue weighted by Crippen LogP contribution is 2.17. The van der Waals surface area contributed by atoms with Crippen LogP contribution in [-0.4, -0.2) is 21.5 Å². The van der Waals surface area contributed by atoms with Crippen molar-refractivity contribution in [2.75, 3.05) is 0 Å². The van der Waals surface area contributed by atoms with Crippen LogP contribution in [0.25, 0.3) is 16.6 Å². The second kappa shape index (κ2) is 9.11. The Bertz CT molecular complexity index is 1140. The Kier molecular flexibility index (Phi) is 6.12. The molecule has 0 atom stereocenters. The number of fused-ring (bicyclic) bond motifs is 1. The van der Waals surface area contributed by atoms with Gasteiger partial charge in [0.15, 0.2) is 0 Å². The Morgan fingerprint density at radius 1 is 0.933 bits per heavy atom. The standard InChI is InChI=1S/C24H27N3O3/c28-22(25-18-8-4-2-1-3-5-9-18)16-17-12-14-19(15-13-17)27-23(29)20-10-6-7-11-21(20)26-24(27)30/h6-7,10-15,18H,1-5,8-9,16H2,(H,25,28)(H,26,30). The predicted molar refractivity (Wildman–Crippen MR) is 118 cm³/mol. The van der Waals surface area contributed by atoms with Gasteiger partial charge in [0.25, 0.3) is 5.56 Å². The Hall–Kier alpha value is -3.15. The number of hydrogen-bond donors (Lipinski definition) is 2. The molecule has 1 saturated carbocycles. The van der Waals surface area contributed by atoms with Gasteiger partial charge in [-0.2, -0.15) is 0 Å². The van der Waals surface area contributed by atoms with Crippen LogP contribution in [0.15, 0.2) is 58.1 Å². The largest absolute Gasteiger partial charge is 0.353 e. The summed E-state index contributed by atoms with van der Waals surface area (Å²) in [5.74, 6) is 0.0223. The molecule has 3 aromatic rings. The number of carbonyl (C=O) groups is 1. The van der Waals surface area contributed by atoms with Gasteiger partial charge in [0, 0.05) is 6.04 Å². The van der Waals surface area contributed by atoms with Crippen LogP contribution < -0.4 is 16.6 Å². The lowest BCUT2D eigenvalue weighted by atomic mass is 9.96. The second-order valence-electron chi connectivity index (χ2n) is 8.07. The predicted octanol–water partition coefficient (Wildman–Crippen LogP) is 3.45. The van der Waals surface area contributed by atoms with E-state index in [1.807, 2.05) is 0 Å². The van der Waals surface area contributed by atoms with Crippen molar-refractivity contribution in [1.29, 1.82) is 0 Å². The van der Waals surface area contributed by atoms with Crippen LogP contribution in [0.1, 0.15) is 50.5 Å². The number of aromatic nitrogens is 2. The number of H-pyrrole nitrogens is 1. The van der Waals surface area contributed by atoms with E-state index in [0.29, 0.717) is 23.0 Å². The zero-order valence-electron chi connectivity index (χ0n) is 17.0. The summed E-state index contributed by atoms with van der Waals surface area (Å²) in [6.45, 7) is 0. The number of nitrogens with one attached hydrogen (secondary N) is 2. The number of hydrogen-bond acceptors (Lipinski definition) is 3. The molecular weight excluding hydrogens is 378 g/mol. The number of nitrogens with zero attached hydrogens (tertiary/aromatic N) is 1. The molecule has 0 unspecified atom stereocenters. The molecule has 1 heterocycles. The smallest absolute Gasteiger partial charge is 0.333 e. The average molecular weight is 405 g/mol. The van der Waals surface area contributed by atoms with Gasteiger partial charge in [-0.3, -0.25) is 9.59 Å². The van der Waals surface area contributed by atoms with E-state index in [0.717, 1.165) is 23.0 Å². The Morgan fingerprint density at radius 2 is 1.60 bits per heavy atom. The third kappa shape index (κ3) is 4.53. The number of benzene rings is 2. The van der Waals surface area contributed by atoms with E-state index in [1.165, 1.54) is 32.1 Å². The van der Waals surface area contributed by atoms with Crippen molar-refractivity contribution in [3.63, 3.8) is 0 Å². The summed E-state index contributed by atoms with van der Waals surface area (Å²) in [7, 11) is 0. The Labute approximate surface area is 174 Å². The maximum Gasteiger partial charge on any atom is 0.333 e. The van der Waals surface area contributed by atoms with Gasteiger partial charge in [-0.1, -0.05) is 56.4 Å². The molecule has 1 aromatic heterocycles. The number of aromatic amines is 1. The number of rotatable bonds is 4. The van der Waals surface area contributed by atoms with Crippen LogP contribution in [-0.2, 0) is 11.2 Å². The quantitative estimate of drug-likeness (QED) is 0.697. The third-order valence-corrected chi connectivity index (χ3v) is 5.83. The molecule has 30 heavy (non-hydrogen) atoms. The molecule has 156 valence electrons. The average Bonchev–Trinajstić information content (AvgIpc) is 2.71. The highest BCUT2D eigenvalue weighted by Gasteiger charge is 2.15. The van der Waals surface area contributed by atoms with E-state index in [9.17, 15) is 14.4 Å². The van der Waals surface area contributed by atoms with Crippen molar-refractivity contribution < 1.29 is 4.79 Å². The Balaban J connectivity index is 1.48. The minimum atomic E-state index is -0.478. The van der Waals surface area contributed by atoms with E-state index in [1.54, 1.807) is 48.5 Å². The molecule has 0 radical (unpaired) electrons. The molecule has 0 saturated heterocycles. The Morgan fingerprint density at radius 3 is 2.33 bits per heavy atom. The first-order valence-electron chi connectivity index (χ1n) is 10.7. The molecule has 1 amide bonds. The van der Waals surface area contributed by atoms with Crippen molar-refractivity contribution in [1.82, 2.24) is 14.9 Å².